The molecular weight excluding hydrogens is 233 g/mol. The van der Waals surface area contributed by atoms with Gasteiger partial charge in [0, 0.05) is 6.42 Å². The minimum Gasteiger partial charge on any atom is -0.502 e. The van der Waals surface area contributed by atoms with Crippen molar-refractivity contribution in [3.63, 3.8) is 0 Å². The second-order valence-electron chi connectivity index (χ2n) is 4.38. The van der Waals surface area contributed by atoms with E-state index >= 15 is 0 Å². The Morgan fingerprint density at radius 3 is 2.38 bits per heavy atom. The molecule has 0 radical (unpaired) electrons. The average molecular weight is 254 g/mol. The summed E-state index contributed by atoms with van der Waals surface area (Å²) in [7, 11) is 1.40. The third-order valence-corrected chi connectivity index (χ3v) is 2.70. The van der Waals surface area contributed by atoms with E-state index in [1.165, 1.54) is 6.26 Å². The van der Waals surface area contributed by atoms with Crippen LogP contribution >= 0.6 is 7.82 Å². The number of likely N-dealkylation sites (N-methyl/N-ethyl adjacent to an activating group) is 1. The molecule has 0 bridgehead atoms. The van der Waals surface area contributed by atoms with Crippen LogP contribution in [0.2, 0.25) is 0 Å². The number of phosphoric acid groups is 1. The molecule has 0 saturated carbocycles. The average Bonchev–Trinajstić information content (AvgIpc) is 2.07. The lowest BCUT2D eigenvalue weighted by molar-refractivity contribution is -0.896. The molecule has 1 atom stereocenters. The van der Waals surface area contributed by atoms with Crippen molar-refractivity contribution in [3.8, 4) is 0 Å². The molecule has 0 aromatic heterocycles. The van der Waals surface area contributed by atoms with Crippen molar-refractivity contribution in [1.82, 2.24) is 0 Å². The van der Waals surface area contributed by atoms with Crippen LogP contribution in [0.5, 0.6) is 0 Å². The van der Waals surface area contributed by atoms with Crippen molar-refractivity contribution in [2.75, 3.05) is 34.4 Å². The minimum absolute atomic E-state index is 0.00567. The van der Waals surface area contributed by atoms with E-state index in [1.54, 1.807) is 0 Å². The number of hydrogen-bond acceptors (Lipinski definition) is 3. The second kappa shape index (κ2) is 6.37. The number of rotatable bonds is 8. The maximum atomic E-state index is 10.6. The van der Waals surface area contributed by atoms with Crippen LogP contribution in [0.1, 0.15) is 6.42 Å². The molecule has 0 aliphatic heterocycles. The third kappa shape index (κ3) is 7.84. The third-order valence-electron chi connectivity index (χ3n) is 2.22. The quantitative estimate of drug-likeness (QED) is 0.289. The van der Waals surface area contributed by atoms with E-state index in [2.05, 4.69) is 11.1 Å². The Morgan fingerprint density at radius 1 is 1.44 bits per heavy atom. The van der Waals surface area contributed by atoms with Gasteiger partial charge in [0.05, 0.1) is 34.0 Å². The fourth-order valence-electron chi connectivity index (χ4n) is 1.16. The lowest BCUT2D eigenvalue weighted by Crippen LogP contribution is -2.48. The molecule has 0 saturated heterocycles. The number of hydrogen-bond donors (Lipinski definition) is 2. The Balaban J connectivity index is 4.22. The summed E-state index contributed by atoms with van der Waals surface area (Å²) in [5, 5.41) is 0. The predicted molar refractivity (Wildman–Crippen MR) is 60.6 cm³/mol. The van der Waals surface area contributed by atoms with Gasteiger partial charge in [0.15, 0.2) is 0 Å². The highest BCUT2D eigenvalue weighted by atomic mass is 31.2. The zero-order chi connectivity index (χ0) is 12.8. The minimum atomic E-state index is -4.40. The van der Waals surface area contributed by atoms with Gasteiger partial charge in [-0.2, -0.15) is 0 Å². The molecule has 96 valence electrons. The van der Waals surface area contributed by atoms with Gasteiger partial charge in [-0.1, -0.05) is 6.58 Å². The molecule has 0 spiro atoms. The van der Waals surface area contributed by atoms with Crippen LogP contribution < -0.4 is 0 Å². The molecule has 0 fully saturated rings. The summed E-state index contributed by atoms with van der Waals surface area (Å²) in [4.78, 5) is 17.3. The van der Waals surface area contributed by atoms with Gasteiger partial charge in [-0.3, -0.25) is 4.52 Å². The van der Waals surface area contributed by atoms with E-state index in [0.717, 1.165) is 0 Å². The van der Waals surface area contributed by atoms with Gasteiger partial charge < -0.3 is 19.0 Å². The highest BCUT2D eigenvalue weighted by Crippen LogP contribution is 2.36. The summed E-state index contributed by atoms with van der Waals surface area (Å²) < 4.78 is 20.7. The first-order valence-corrected chi connectivity index (χ1v) is 6.43. The number of ether oxygens (including phenoxy) is 1. The topological polar surface area (TPSA) is 76.0 Å². The van der Waals surface area contributed by atoms with Crippen molar-refractivity contribution < 1.29 is 28.1 Å². The fourth-order valence-corrected chi connectivity index (χ4v) is 1.53. The lowest BCUT2D eigenvalue weighted by Gasteiger charge is -2.33. The molecule has 0 aliphatic carbocycles. The second-order valence-corrected chi connectivity index (χ2v) is 5.62. The summed E-state index contributed by atoms with van der Waals surface area (Å²) in [6.45, 7) is 3.87. The SMILES string of the molecule is C=COCCC(COP(=O)(O)O)[N+](C)(C)C. The molecule has 16 heavy (non-hydrogen) atoms. The van der Waals surface area contributed by atoms with Crippen molar-refractivity contribution in [1.29, 1.82) is 0 Å². The molecule has 0 rings (SSSR count). The molecule has 2 N–H and O–H groups in total. The maximum absolute atomic E-state index is 10.6. The standard InChI is InChI=1S/C9H20NO5P/c1-5-14-7-6-9(10(2,3)4)8-15-16(11,12)13/h5,9H,1,6-8H2,2-4H3,(H-,11,12,13)/p+1. The van der Waals surface area contributed by atoms with Crippen molar-refractivity contribution in [2.24, 2.45) is 0 Å². The Kier molecular flexibility index (Phi) is 6.22. The molecule has 0 aromatic carbocycles. The molecule has 7 heteroatoms. The Bertz CT molecular complexity index is 257. The zero-order valence-corrected chi connectivity index (χ0v) is 10.9. The lowest BCUT2D eigenvalue weighted by atomic mass is 10.2. The van der Waals surface area contributed by atoms with Crippen LogP contribution in [0, 0.1) is 0 Å². The van der Waals surface area contributed by atoms with Crippen LogP contribution in [0.25, 0.3) is 0 Å². The molecule has 0 aromatic rings. The van der Waals surface area contributed by atoms with Crippen LogP contribution in [-0.2, 0) is 13.8 Å². The van der Waals surface area contributed by atoms with Gasteiger partial charge in [-0.05, 0) is 0 Å². The normalized spacial score (nSPS) is 14.6. The van der Waals surface area contributed by atoms with Gasteiger partial charge in [-0.15, -0.1) is 0 Å². The molecule has 0 heterocycles. The van der Waals surface area contributed by atoms with Crippen molar-refractivity contribution >= 4 is 7.82 Å². The van der Waals surface area contributed by atoms with Gasteiger partial charge in [0.1, 0.15) is 12.6 Å². The Labute approximate surface area is 96.3 Å². The Hall–Kier alpha value is -0.390. The van der Waals surface area contributed by atoms with E-state index in [4.69, 9.17) is 14.5 Å². The van der Waals surface area contributed by atoms with Crippen molar-refractivity contribution in [3.05, 3.63) is 12.8 Å². The highest BCUT2D eigenvalue weighted by molar-refractivity contribution is 7.46. The van der Waals surface area contributed by atoms with E-state index < -0.39 is 7.82 Å². The fraction of sp³-hybridized carbons (Fsp3) is 0.778. The molecule has 6 nitrogen and oxygen atoms in total. The van der Waals surface area contributed by atoms with E-state index in [1.807, 2.05) is 21.1 Å². The van der Waals surface area contributed by atoms with Crippen LogP contribution in [-0.4, -0.2) is 54.7 Å². The molecule has 1 unspecified atom stereocenters. The number of quaternary nitrogens is 1. The first-order valence-electron chi connectivity index (χ1n) is 4.90. The summed E-state index contributed by atoms with van der Waals surface area (Å²) in [6.07, 6.45) is 1.98. The van der Waals surface area contributed by atoms with Crippen molar-refractivity contribution in [2.45, 2.75) is 12.5 Å². The van der Waals surface area contributed by atoms with Gasteiger partial charge in [-0.25, -0.2) is 4.57 Å². The van der Waals surface area contributed by atoms with Gasteiger partial charge >= 0.3 is 7.82 Å². The van der Waals surface area contributed by atoms with E-state index in [-0.39, 0.29) is 12.6 Å². The molecule has 0 amide bonds. The molecular formula is C9H21NO5P+. The summed E-state index contributed by atoms with van der Waals surface area (Å²) >= 11 is 0. The van der Waals surface area contributed by atoms with E-state index in [0.29, 0.717) is 17.5 Å². The summed E-state index contributed by atoms with van der Waals surface area (Å²) in [5.41, 5.74) is 0. The largest absolute Gasteiger partial charge is 0.502 e. The zero-order valence-electron chi connectivity index (χ0n) is 10.00. The number of nitrogens with zero attached hydrogens (tertiary/aromatic N) is 1. The predicted octanol–water partition coefficient (Wildman–Crippen LogP) is 0.721. The smallest absolute Gasteiger partial charge is 0.469 e. The maximum Gasteiger partial charge on any atom is 0.469 e. The van der Waals surface area contributed by atoms with Crippen LogP contribution in [0.15, 0.2) is 12.8 Å². The monoisotopic (exact) mass is 254 g/mol. The highest BCUT2D eigenvalue weighted by Gasteiger charge is 2.27. The first-order chi connectivity index (χ1) is 7.17. The summed E-state index contributed by atoms with van der Waals surface area (Å²) in [6, 6.07) is -0.0485. The Morgan fingerprint density at radius 2 is 2.00 bits per heavy atom. The van der Waals surface area contributed by atoms with Gasteiger partial charge in [0.25, 0.3) is 0 Å². The number of phosphoric ester groups is 1. The first kappa shape index (κ1) is 15.6. The van der Waals surface area contributed by atoms with Gasteiger partial charge in [0.2, 0.25) is 0 Å². The van der Waals surface area contributed by atoms with Crippen LogP contribution in [0.3, 0.4) is 0 Å². The van der Waals surface area contributed by atoms with Crippen LogP contribution in [0.4, 0.5) is 0 Å². The molecule has 0 aliphatic rings. The van der Waals surface area contributed by atoms with E-state index in [9.17, 15) is 4.57 Å². The summed E-state index contributed by atoms with van der Waals surface area (Å²) in [5.74, 6) is 0.